The summed E-state index contributed by atoms with van der Waals surface area (Å²) in [5.74, 6) is -2.26. The fourth-order valence-electron chi connectivity index (χ4n) is 3.35. The molecule has 1 atom stereocenters. The number of likely N-dealkylation sites (tertiary alicyclic amines) is 1. The van der Waals surface area contributed by atoms with Crippen LogP contribution >= 0.6 is 11.6 Å². The van der Waals surface area contributed by atoms with Crippen molar-refractivity contribution >= 4 is 34.7 Å². The number of hydrogen-bond donors (Lipinski definition) is 2. The van der Waals surface area contributed by atoms with Crippen LogP contribution in [0, 0.1) is 10.1 Å². The molecule has 0 bridgehead atoms. The molecule has 9 nitrogen and oxygen atoms in total. The quantitative estimate of drug-likeness (QED) is 0.159. The molecule has 1 heterocycles. The largest absolute Gasteiger partial charge is 0.507 e. The minimum absolute atomic E-state index is 0.0313. The van der Waals surface area contributed by atoms with Crippen molar-refractivity contribution < 1.29 is 29.5 Å². The minimum Gasteiger partial charge on any atom is -0.507 e. The van der Waals surface area contributed by atoms with Crippen LogP contribution in [-0.2, 0) is 14.3 Å². The molecule has 10 heteroatoms. The summed E-state index contributed by atoms with van der Waals surface area (Å²) >= 11 is 5.96. The Labute approximate surface area is 182 Å². The van der Waals surface area contributed by atoms with Crippen molar-refractivity contribution in [3.05, 3.63) is 80.4 Å². The van der Waals surface area contributed by atoms with Crippen LogP contribution in [0.25, 0.3) is 5.76 Å². The van der Waals surface area contributed by atoms with Crippen LogP contribution in [0.1, 0.15) is 17.2 Å². The summed E-state index contributed by atoms with van der Waals surface area (Å²) in [6.45, 7) is -0.0203. The molecule has 0 aromatic heterocycles. The van der Waals surface area contributed by atoms with E-state index in [1.54, 1.807) is 24.3 Å². The van der Waals surface area contributed by atoms with Gasteiger partial charge in [0.1, 0.15) is 5.76 Å². The molecule has 31 heavy (non-hydrogen) atoms. The zero-order valence-electron chi connectivity index (χ0n) is 16.2. The maximum atomic E-state index is 12.8. The number of nitro groups is 1. The number of nitrogens with zero attached hydrogens (tertiary/aromatic N) is 2. The Morgan fingerprint density at radius 1 is 1.16 bits per heavy atom. The van der Waals surface area contributed by atoms with Gasteiger partial charge in [-0.1, -0.05) is 35.9 Å². The van der Waals surface area contributed by atoms with E-state index in [1.165, 1.54) is 23.1 Å². The first kappa shape index (κ1) is 22.4. The second-order valence-electron chi connectivity index (χ2n) is 6.69. The predicted octanol–water partition coefficient (Wildman–Crippen LogP) is 2.68. The van der Waals surface area contributed by atoms with Crippen molar-refractivity contribution in [2.45, 2.75) is 6.04 Å². The number of aliphatic hydroxyl groups is 2. The van der Waals surface area contributed by atoms with E-state index in [0.29, 0.717) is 10.6 Å². The van der Waals surface area contributed by atoms with Gasteiger partial charge in [-0.25, -0.2) is 0 Å². The maximum absolute atomic E-state index is 12.8. The molecule has 1 saturated heterocycles. The number of amides is 1. The van der Waals surface area contributed by atoms with Crippen LogP contribution in [0.5, 0.6) is 0 Å². The summed E-state index contributed by atoms with van der Waals surface area (Å²) in [4.78, 5) is 37.3. The smallest absolute Gasteiger partial charge is 0.295 e. The number of rotatable bonds is 8. The SMILES string of the molecule is O=C1C(=O)N(CCOCCO)[C@H](c2ccc(Cl)cc2)/C1=C(\O)c1cccc([N+](=O)[O-])c1. The number of ether oxygens (including phenoxy) is 1. The number of non-ortho nitro benzene ring substituents is 1. The standard InChI is InChI=1S/C21H19ClN2O7/c22-15-6-4-13(5-7-15)18-17(19(26)14-2-1-3-16(12-14)24(29)30)20(27)21(28)23(18)8-10-31-11-9-25/h1-7,12,18,25-26H,8-11H2/b19-17+/t18-/m1/s1. The molecule has 2 aromatic carbocycles. The van der Waals surface area contributed by atoms with E-state index in [2.05, 4.69) is 0 Å². The Balaban J connectivity index is 2.09. The van der Waals surface area contributed by atoms with E-state index in [1.807, 2.05) is 0 Å². The lowest BCUT2D eigenvalue weighted by Crippen LogP contribution is -2.33. The third-order valence-corrected chi connectivity index (χ3v) is 5.02. The first-order chi connectivity index (χ1) is 14.8. The van der Waals surface area contributed by atoms with Gasteiger partial charge in [0.05, 0.1) is 36.4 Å². The lowest BCUT2D eigenvalue weighted by atomic mass is 9.95. The van der Waals surface area contributed by atoms with Gasteiger partial charge in [0.2, 0.25) is 0 Å². The average Bonchev–Trinajstić information content (AvgIpc) is 3.01. The summed E-state index contributed by atoms with van der Waals surface area (Å²) in [6.07, 6.45) is 0. The lowest BCUT2D eigenvalue weighted by molar-refractivity contribution is -0.384. The summed E-state index contributed by atoms with van der Waals surface area (Å²) in [5.41, 5.74) is 0.120. The Hall–Kier alpha value is -3.27. The molecule has 0 aliphatic carbocycles. The predicted molar refractivity (Wildman–Crippen MR) is 111 cm³/mol. The molecule has 162 valence electrons. The van der Waals surface area contributed by atoms with E-state index in [4.69, 9.17) is 21.4 Å². The molecule has 1 amide bonds. The molecular formula is C21H19ClN2O7. The molecule has 0 radical (unpaired) electrons. The van der Waals surface area contributed by atoms with Gasteiger partial charge >= 0.3 is 0 Å². The van der Waals surface area contributed by atoms with Crippen molar-refractivity contribution in [1.29, 1.82) is 0 Å². The van der Waals surface area contributed by atoms with Gasteiger partial charge in [-0.15, -0.1) is 0 Å². The van der Waals surface area contributed by atoms with Crippen LogP contribution in [0.4, 0.5) is 5.69 Å². The Morgan fingerprint density at radius 3 is 2.52 bits per heavy atom. The Kier molecular flexibility index (Phi) is 7.01. The number of aliphatic hydroxyl groups excluding tert-OH is 2. The second kappa shape index (κ2) is 9.69. The normalized spacial score (nSPS) is 17.9. The molecule has 1 aliphatic heterocycles. The van der Waals surface area contributed by atoms with Crippen LogP contribution in [0.2, 0.25) is 5.02 Å². The molecule has 0 unspecified atom stereocenters. The second-order valence-corrected chi connectivity index (χ2v) is 7.12. The van der Waals surface area contributed by atoms with Gasteiger partial charge in [0.15, 0.2) is 0 Å². The van der Waals surface area contributed by atoms with Gasteiger partial charge in [0, 0.05) is 29.3 Å². The molecular weight excluding hydrogens is 428 g/mol. The molecule has 1 aliphatic rings. The number of hydrogen-bond acceptors (Lipinski definition) is 7. The summed E-state index contributed by atoms with van der Waals surface area (Å²) in [7, 11) is 0. The molecule has 2 aromatic rings. The first-order valence-electron chi connectivity index (χ1n) is 9.32. The van der Waals surface area contributed by atoms with Gasteiger partial charge in [-0.3, -0.25) is 19.7 Å². The maximum Gasteiger partial charge on any atom is 0.295 e. The number of halogens is 1. The third-order valence-electron chi connectivity index (χ3n) is 4.77. The highest BCUT2D eigenvalue weighted by atomic mass is 35.5. The van der Waals surface area contributed by atoms with Gasteiger partial charge < -0.3 is 19.8 Å². The van der Waals surface area contributed by atoms with Crippen molar-refractivity contribution in [3.63, 3.8) is 0 Å². The molecule has 2 N–H and O–H groups in total. The van der Waals surface area contributed by atoms with Gasteiger partial charge in [-0.05, 0) is 17.7 Å². The number of carbonyl (C=O) groups is 2. The minimum atomic E-state index is -0.936. The average molecular weight is 447 g/mol. The fourth-order valence-corrected chi connectivity index (χ4v) is 3.48. The van der Waals surface area contributed by atoms with E-state index >= 15 is 0 Å². The first-order valence-corrected chi connectivity index (χ1v) is 9.70. The number of ketones is 1. The molecule has 0 spiro atoms. The highest BCUT2D eigenvalue weighted by Crippen LogP contribution is 2.39. The van der Waals surface area contributed by atoms with Crippen LogP contribution < -0.4 is 0 Å². The van der Waals surface area contributed by atoms with E-state index in [9.17, 15) is 24.8 Å². The van der Waals surface area contributed by atoms with Crippen LogP contribution in [-0.4, -0.2) is 58.1 Å². The monoisotopic (exact) mass is 446 g/mol. The lowest BCUT2D eigenvalue weighted by Gasteiger charge is -2.25. The van der Waals surface area contributed by atoms with Crippen molar-refractivity contribution in [1.82, 2.24) is 4.90 Å². The zero-order valence-corrected chi connectivity index (χ0v) is 17.0. The van der Waals surface area contributed by atoms with E-state index in [0.717, 1.165) is 6.07 Å². The Morgan fingerprint density at radius 2 is 1.87 bits per heavy atom. The summed E-state index contributed by atoms with van der Waals surface area (Å²) < 4.78 is 5.22. The highest BCUT2D eigenvalue weighted by Gasteiger charge is 2.45. The summed E-state index contributed by atoms with van der Waals surface area (Å²) in [6, 6.07) is 10.7. The Bertz CT molecular complexity index is 1040. The van der Waals surface area contributed by atoms with Crippen molar-refractivity contribution in [3.8, 4) is 0 Å². The molecule has 0 saturated carbocycles. The van der Waals surface area contributed by atoms with Crippen LogP contribution in [0.3, 0.4) is 0 Å². The van der Waals surface area contributed by atoms with Crippen molar-refractivity contribution in [2.75, 3.05) is 26.4 Å². The van der Waals surface area contributed by atoms with Gasteiger partial charge in [0.25, 0.3) is 17.4 Å². The third kappa shape index (κ3) is 4.74. The number of Topliss-reactive ketones (excluding diaryl/α,β-unsaturated/α-hetero) is 1. The molecule has 3 rings (SSSR count). The van der Waals surface area contributed by atoms with Gasteiger partial charge in [-0.2, -0.15) is 0 Å². The highest BCUT2D eigenvalue weighted by molar-refractivity contribution is 6.46. The van der Waals surface area contributed by atoms with Crippen molar-refractivity contribution in [2.24, 2.45) is 0 Å². The topological polar surface area (TPSA) is 130 Å². The number of nitro benzene ring substituents is 1. The van der Waals surface area contributed by atoms with Crippen LogP contribution in [0.15, 0.2) is 54.1 Å². The number of carbonyl (C=O) groups excluding carboxylic acids is 2. The number of benzene rings is 2. The molecule has 1 fully saturated rings. The zero-order chi connectivity index (χ0) is 22.5. The fraction of sp³-hybridized carbons (Fsp3) is 0.238. The van der Waals surface area contributed by atoms with E-state index in [-0.39, 0.29) is 43.2 Å². The van der Waals surface area contributed by atoms with E-state index < -0.39 is 28.4 Å². The summed E-state index contributed by atoms with van der Waals surface area (Å²) in [5, 5.41) is 31.3.